The maximum absolute atomic E-state index is 12.2. The van der Waals surface area contributed by atoms with E-state index in [2.05, 4.69) is 18.5 Å². The zero-order valence-corrected chi connectivity index (χ0v) is 9.21. The van der Waals surface area contributed by atoms with Crippen LogP contribution in [0.2, 0.25) is 0 Å². The quantitative estimate of drug-likeness (QED) is 0.665. The first-order chi connectivity index (χ1) is 7.09. The summed E-state index contributed by atoms with van der Waals surface area (Å²) in [5, 5.41) is 0. The third-order valence-electron chi connectivity index (χ3n) is 2.79. The topological polar surface area (TPSA) is 20.3 Å². The molecule has 0 N–H and O–H groups in total. The average molecular weight is 211 g/mol. The first-order valence-electron chi connectivity index (χ1n) is 5.32. The minimum atomic E-state index is -0.494. The Morgan fingerprint density at radius 1 is 1.53 bits per heavy atom. The number of carbonyl (C=O) groups is 1. The molecule has 0 bridgehead atoms. The lowest BCUT2D eigenvalue weighted by Gasteiger charge is -2.27. The van der Waals surface area contributed by atoms with Crippen LogP contribution in [0.4, 0.5) is 4.39 Å². The summed E-state index contributed by atoms with van der Waals surface area (Å²) in [5.41, 5.74) is 0. The first-order valence-corrected chi connectivity index (χ1v) is 5.32. The minimum absolute atomic E-state index is 0.165. The molecule has 0 aromatic heterocycles. The molecule has 0 saturated carbocycles. The van der Waals surface area contributed by atoms with E-state index >= 15 is 0 Å². The second-order valence-corrected chi connectivity index (χ2v) is 4.10. The van der Waals surface area contributed by atoms with Gasteiger partial charge in [0.2, 0.25) is 0 Å². The fourth-order valence-electron chi connectivity index (χ4n) is 1.80. The molecular formula is C12H18FNO. The molecule has 0 aromatic rings. The second-order valence-electron chi connectivity index (χ2n) is 4.10. The van der Waals surface area contributed by atoms with E-state index in [4.69, 9.17) is 0 Å². The van der Waals surface area contributed by atoms with Crippen LogP contribution in [0.5, 0.6) is 0 Å². The highest BCUT2D eigenvalue weighted by Crippen LogP contribution is 2.18. The smallest absolute Gasteiger partial charge is 0.139 e. The molecule has 1 aliphatic heterocycles. The molecular weight excluding hydrogens is 193 g/mol. The van der Waals surface area contributed by atoms with Gasteiger partial charge < -0.3 is 4.90 Å². The van der Waals surface area contributed by atoms with E-state index < -0.39 is 5.83 Å². The third kappa shape index (κ3) is 4.38. The SMILES string of the molecule is C=C(F)/C=C\CC(=O)C1CCN(C)CC1. The standard InChI is InChI=1S/C12H18FNO/c1-10(13)4-3-5-12(15)11-6-8-14(2)9-7-11/h3-4,11H,1,5-9H2,2H3/b4-3-. The summed E-state index contributed by atoms with van der Waals surface area (Å²) in [6.07, 6.45) is 5.01. The zero-order chi connectivity index (χ0) is 11.3. The van der Waals surface area contributed by atoms with Crippen LogP contribution < -0.4 is 0 Å². The van der Waals surface area contributed by atoms with Gasteiger partial charge in [0.25, 0.3) is 0 Å². The van der Waals surface area contributed by atoms with Crippen molar-refractivity contribution in [3.05, 3.63) is 24.6 Å². The van der Waals surface area contributed by atoms with E-state index in [-0.39, 0.29) is 11.7 Å². The van der Waals surface area contributed by atoms with E-state index in [9.17, 15) is 9.18 Å². The number of piperidine rings is 1. The van der Waals surface area contributed by atoms with Crippen molar-refractivity contribution in [3.8, 4) is 0 Å². The molecule has 0 aromatic carbocycles. The Morgan fingerprint density at radius 3 is 2.67 bits per heavy atom. The van der Waals surface area contributed by atoms with Crippen molar-refractivity contribution in [2.45, 2.75) is 19.3 Å². The Hall–Kier alpha value is -0.960. The van der Waals surface area contributed by atoms with E-state index in [0.717, 1.165) is 25.9 Å². The van der Waals surface area contributed by atoms with Gasteiger partial charge in [-0.05, 0) is 39.1 Å². The largest absolute Gasteiger partial charge is 0.306 e. The van der Waals surface area contributed by atoms with Gasteiger partial charge >= 0.3 is 0 Å². The molecule has 0 spiro atoms. The maximum atomic E-state index is 12.2. The van der Waals surface area contributed by atoms with Crippen LogP contribution in [-0.4, -0.2) is 30.8 Å². The van der Waals surface area contributed by atoms with Gasteiger partial charge in [-0.1, -0.05) is 12.7 Å². The van der Waals surface area contributed by atoms with Crippen molar-refractivity contribution in [2.75, 3.05) is 20.1 Å². The monoisotopic (exact) mass is 211 g/mol. The summed E-state index contributed by atoms with van der Waals surface area (Å²) < 4.78 is 12.2. The third-order valence-corrected chi connectivity index (χ3v) is 2.79. The molecule has 1 fully saturated rings. The fraction of sp³-hybridized carbons (Fsp3) is 0.583. The number of ketones is 1. The number of rotatable bonds is 4. The molecule has 0 atom stereocenters. The van der Waals surface area contributed by atoms with Gasteiger partial charge in [-0.2, -0.15) is 0 Å². The van der Waals surface area contributed by atoms with Crippen LogP contribution in [0.25, 0.3) is 0 Å². The van der Waals surface area contributed by atoms with Gasteiger partial charge in [-0.25, -0.2) is 4.39 Å². The summed E-state index contributed by atoms with van der Waals surface area (Å²) in [4.78, 5) is 13.9. The number of likely N-dealkylation sites (tertiary alicyclic amines) is 1. The number of allylic oxidation sites excluding steroid dienone is 3. The minimum Gasteiger partial charge on any atom is -0.306 e. The summed E-state index contributed by atoms with van der Waals surface area (Å²) >= 11 is 0. The molecule has 1 saturated heterocycles. The van der Waals surface area contributed by atoms with Gasteiger partial charge in [0, 0.05) is 12.3 Å². The van der Waals surface area contributed by atoms with E-state index in [1.165, 1.54) is 6.08 Å². The number of carbonyl (C=O) groups excluding carboxylic acids is 1. The van der Waals surface area contributed by atoms with Gasteiger partial charge in [0.05, 0.1) is 0 Å². The molecule has 1 heterocycles. The van der Waals surface area contributed by atoms with E-state index in [1.54, 1.807) is 6.08 Å². The first kappa shape index (κ1) is 12.1. The van der Waals surface area contributed by atoms with Crippen molar-refractivity contribution in [1.29, 1.82) is 0 Å². The highest BCUT2D eigenvalue weighted by Gasteiger charge is 2.21. The number of hydrogen-bond donors (Lipinski definition) is 0. The van der Waals surface area contributed by atoms with Gasteiger partial charge in [-0.15, -0.1) is 0 Å². The Morgan fingerprint density at radius 2 is 2.13 bits per heavy atom. The summed E-state index contributed by atoms with van der Waals surface area (Å²) in [6, 6.07) is 0. The van der Waals surface area contributed by atoms with Gasteiger partial charge in [0.1, 0.15) is 11.6 Å². The number of nitrogens with zero attached hydrogens (tertiary/aromatic N) is 1. The lowest BCUT2D eigenvalue weighted by Crippen LogP contribution is -2.33. The zero-order valence-electron chi connectivity index (χ0n) is 9.21. The molecule has 1 aliphatic rings. The molecule has 3 heteroatoms. The molecule has 15 heavy (non-hydrogen) atoms. The lowest BCUT2D eigenvalue weighted by atomic mass is 9.91. The van der Waals surface area contributed by atoms with Crippen LogP contribution in [0, 0.1) is 5.92 Å². The molecule has 0 aliphatic carbocycles. The van der Waals surface area contributed by atoms with Crippen LogP contribution in [0.3, 0.4) is 0 Å². The number of hydrogen-bond acceptors (Lipinski definition) is 2. The van der Waals surface area contributed by atoms with Gasteiger partial charge in [0.15, 0.2) is 0 Å². The molecule has 0 amide bonds. The van der Waals surface area contributed by atoms with Crippen molar-refractivity contribution in [3.63, 3.8) is 0 Å². The van der Waals surface area contributed by atoms with Crippen LogP contribution in [0.1, 0.15) is 19.3 Å². The highest BCUT2D eigenvalue weighted by molar-refractivity contribution is 5.82. The van der Waals surface area contributed by atoms with Crippen molar-refractivity contribution in [2.24, 2.45) is 5.92 Å². The Labute approximate surface area is 90.5 Å². The van der Waals surface area contributed by atoms with E-state index in [0.29, 0.717) is 6.42 Å². The van der Waals surface area contributed by atoms with Crippen molar-refractivity contribution >= 4 is 5.78 Å². The van der Waals surface area contributed by atoms with Crippen LogP contribution >= 0.6 is 0 Å². The van der Waals surface area contributed by atoms with E-state index in [1.807, 2.05) is 0 Å². The summed E-state index contributed by atoms with van der Waals surface area (Å²) in [6.45, 7) is 5.07. The summed E-state index contributed by atoms with van der Waals surface area (Å²) in [5.74, 6) is -0.106. The van der Waals surface area contributed by atoms with Crippen molar-refractivity contribution in [1.82, 2.24) is 4.90 Å². The van der Waals surface area contributed by atoms with Gasteiger partial charge in [-0.3, -0.25) is 4.79 Å². The number of halogens is 1. The lowest BCUT2D eigenvalue weighted by molar-refractivity contribution is -0.123. The number of Topliss-reactive ketones (excluding diaryl/α,β-unsaturated/α-hetero) is 1. The molecule has 84 valence electrons. The second kappa shape index (κ2) is 5.81. The molecule has 0 unspecified atom stereocenters. The normalized spacial score (nSPS) is 19.6. The average Bonchev–Trinajstić information content (AvgIpc) is 2.18. The molecule has 2 nitrogen and oxygen atoms in total. The molecule has 0 radical (unpaired) electrons. The highest BCUT2D eigenvalue weighted by atomic mass is 19.1. The maximum Gasteiger partial charge on any atom is 0.139 e. The fourth-order valence-corrected chi connectivity index (χ4v) is 1.80. The van der Waals surface area contributed by atoms with Crippen LogP contribution in [0.15, 0.2) is 24.6 Å². The van der Waals surface area contributed by atoms with Crippen molar-refractivity contribution < 1.29 is 9.18 Å². The summed E-state index contributed by atoms with van der Waals surface area (Å²) in [7, 11) is 2.06. The Kier molecular flexibility index (Phi) is 4.69. The predicted octanol–water partition coefficient (Wildman–Crippen LogP) is 2.33. The van der Waals surface area contributed by atoms with Crippen LogP contribution in [-0.2, 0) is 4.79 Å². The predicted molar refractivity (Wildman–Crippen MR) is 59.2 cm³/mol. The Bertz CT molecular complexity index is 265. The Balaban J connectivity index is 2.31. The molecule has 1 rings (SSSR count).